The van der Waals surface area contributed by atoms with Crippen LogP contribution in [0.1, 0.15) is 23.1 Å². The van der Waals surface area contributed by atoms with Crippen LogP contribution in [0, 0.1) is 20.8 Å². The van der Waals surface area contributed by atoms with Gasteiger partial charge < -0.3 is 15.0 Å². The Kier molecular flexibility index (Phi) is 4.68. The lowest BCUT2D eigenvalue weighted by Gasteiger charge is -2.13. The molecule has 0 bridgehead atoms. The molecule has 0 amide bonds. The van der Waals surface area contributed by atoms with E-state index in [4.69, 9.17) is 10.5 Å². The maximum absolute atomic E-state index is 11.6. The predicted octanol–water partition coefficient (Wildman–Crippen LogP) is 2.82. The van der Waals surface area contributed by atoms with Crippen LogP contribution in [-0.2, 0) is 6.54 Å². The van der Waals surface area contributed by atoms with Gasteiger partial charge in [-0.05, 0) is 44.4 Å². The van der Waals surface area contributed by atoms with E-state index in [1.54, 1.807) is 16.8 Å². The van der Waals surface area contributed by atoms with Crippen LogP contribution in [0.5, 0.6) is 5.75 Å². The van der Waals surface area contributed by atoms with Gasteiger partial charge in [0, 0.05) is 24.5 Å². The first-order valence-electron chi connectivity index (χ1n) is 7.14. The zero-order chi connectivity index (χ0) is 15.4. The van der Waals surface area contributed by atoms with Crippen molar-refractivity contribution < 1.29 is 4.74 Å². The van der Waals surface area contributed by atoms with E-state index in [-0.39, 0.29) is 5.56 Å². The van der Waals surface area contributed by atoms with Gasteiger partial charge in [0.1, 0.15) is 5.75 Å². The number of aromatic nitrogens is 1. The van der Waals surface area contributed by atoms with Crippen molar-refractivity contribution in [1.29, 1.82) is 0 Å². The van der Waals surface area contributed by atoms with Crippen LogP contribution in [0.15, 0.2) is 35.3 Å². The summed E-state index contributed by atoms with van der Waals surface area (Å²) < 4.78 is 7.49. The summed E-state index contributed by atoms with van der Waals surface area (Å²) in [6, 6.07) is 7.34. The lowest BCUT2D eigenvalue weighted by molar-refractivity contribution is 0.297. The molecule has 0 aliphatic carbocycles. The Bertz CT molecular complexity index is 666. The highest BCUT2D eigenvalue weighted by Gasteiger charge is 2.05. The van der Waals surface area contributed by atoms with E-state index in [0.717, 1.165) is 23.3 Å². The van der Waals surface area contributed by atoms with Crippen LogP contribution in [0.4, 0.5) is 5.69 Å². The van der Waals surface area contributed by atoms with E-state index >= 15 is 0 Å². The Hall–Kier alpha value is -2.23. The van der Waals surface area contributed by atoms with Crippen LogP contribution < -0.4 is 16.0 Å². The zero-order valence-corrected chi connectivity index (χ0v) is 12.8. The molecule has 112 valence electrons. The molecule has 0 radical (unpaired) electrons. The molecular formula is C17H22N2O2. The van der Waals surface area contributed by atoms with Crippen LogP contribution in [0.3, 0.4) is 0 Å². The van der Waals surface area contributed by atoms with Crippen molar-refractivity contribution in [3.8, 4) is 5.75 Å². The number of anilines is 1. The fourth-order valence-corrected chi connectivity index (χ4v) is 2.53. The van der Waals surface area contributed by atoms with E-state index in [1.807, 2.05) is 0 Å². The Morgan fingerprint density at radius 1 is 1.14 bits per heavy atom. The third-order valence-electron chi connectivity index (χ3n) is 3.40. The quantitative estimate of drug-likeness (QED) is 0.860. The summed E-state index contributed by atoms with van der Waals surface area (Å²) in [5, 5.41) is 0. The molecule has 1 aromatic carbocycles. The van der Waals surface area contributed by atoms with Gasteiger partial charge in [-0.1, -0.05) is 17.7 Å². The van der Waals surface area contributed by atoms with Crippen LogP contribution in [-0.4, -0.2) is 11.2 Å². The smallest absolute Gasteiger partial charge is 0.250 e. The number of pyridine rings is 1. The molecule has 4 heteroatoms. The average Bonchev–Trinajstić information content (AvgIpc) is 2.40. The molecule has 2 N–H and O–H groups in total. The summed E-state index contributed by atoms with van der Waals surface area (Å²) in [6.07, 6.45) is 2.43. The highest BCUT2D eigenvalue weighted by Crippen LogP contribution is 2.24. The van der Waals surface area contributed by atoms with Gasteiger partial charge in [-0.25, -0.2) is 0 Å². The number of ether oxygens (including phenoxy) is 1. The van der Waals surface area contributed by atoms with Crippen molar-refractivity contribution in [3.05, 3.63) is 57.5 Å². The maximum atomic E-state index is 11.6. The van der Waals surface area contributed by atoms with E-state index in [0.29, 0.717) is 18.8 Å². The van der Waals surface area contributed by atoms with Crippen molar-refractivity contribution in [2.45, 2.75) is 33.7 Å². The van der Waals surface area contributed by atoms with Gasteiger partial charge in [-0.2, -0.15) is 0 Å². The minimum atomic E-state index is -0.0353. The predicted molar refractivity (Wildman–Crippen MR) is 85.9 cm³/mol. The number of benzene rings is 1. The fraction of sp³-hybridized carbons (Fsp3) is 0.353. The van der Waals surface area contributed by atoms with Crippen molar-refractivity contribution in [1.82, 2.24) is 4.57 Å². The van der Waals surface area contributed by atoms with Gasteiger partial charge in [0.15, 0.2) is 0 Å². The molecule has 0 saturated carbocycles. The highest BCUT2D eigenvalue weighted by atomic mass is 16.5. The molecule has 0 atom stereocenters. The highest BCUT2D eigenvalue weighted by molar-refractivity contribution is 5.42. The Morgan fingerprint density at radius 2 is 1.81 bits per heavy atom. The number of rotatable bonds is 5. The molecule has 1 heterocycles. The molecule has 0 spiro atoms. The number of nitrogens with two attached hydrogens (primary N) is 1. The second kappa shape index (κ2) is 6.48. The fourth-order valence-electron chi connectivity index (χ4n) is 2.53. The topological polar surface area (TPSA) is 57.2 Å². The maximum Gasteiger partial charge on any atom is 0.250 e. The van der Waals surface area contributed by atoms with Crippen molar-refractivity contribution in [3.63, 3.8) is 0 Å². The minimum absolute atomic E-state index is 0.0353. The monoisotopic (exact) mass is 286 g/mol. The molecule has 21 heavy (non-hydrogen) atoms. The number of hydrogen-bond acceptors (Lipinski definition) is 3. The summed E-state index contributed by atoms with van der Waals surface area (Å²) in [7, 11) is 0. The molecule has 0 unspecified atom stereocenters. The summed E-state index contributed by atoms with van der Waals surface area (Å²) in [5.41, 5.74) is 9.78. The van der Waals surface area contributed by atoms with Crippen LogP contribution >= 0.6 is 0 Å². The third-order valence-corrected chi connectivity index (χ3v) is 3.40. The van der Waals surface area contributed by atoms with Gasteiger partial charge in [0.05, 0.1) is 6.61 Å². The van der Waals surface area contributed by atoms with E-state index in [2.05, 4.69) is 32.9 Å². The van der Waals surface area contributed by atoms with E-state index in [9.17, 15) is 4.79 Å². The number of nitrogen functional groups attached to an aromatic ring is 1. The molecule has 0 aliphatic heterocycles. The van der Waals surface area contributed by atoms with Crippen LogP contribution in [0.2, 0.25) is 0 Å². The summed E-state index contributed by atoms with van der Waals surface area (Å²) in [5.74, 6) is 0.945. The van der Waals surface area contributed by atoms with E-state index in [1.165, 1.54) is 11.6 Å². The lowest BCUT2D eigenvalue weighted by atomic mass is 10.1. The van der Waals surface area contributed by atoms with Gasteiger partial charge in [-0.15, -0.1) is 0 Å². The van der Waals surface area contributed by atoms with Crippen molar-refractivity contribution in [2.24, 2.45) is 0 Å². The molecule has 0 saturated heterocycles. The molecule has 0 fully saturated rings. The van der Waals surface area contributed by atoms with Crippen molar-refractivity contribution in [2.75, 3.05) is 12.3 Å². The third kappa shape index (κ3) is 3.88. The number of nitrogens with zero attached hydrogens (tertiary/aromatic N) is 1. The average molecular weight is 286 g/mol. The van der Waals surface area contributed by atoms with Crippen LogP contribution in [0.25, 0.3) is 0 Å². The van der Waals surface area contributed by atoms with Gasteiger partial charge in [0.2, 0.25) is 0 Å². The normalized spacial score (nSPS) is 10.6. The second-order valence-electron chi connectivity index (χ2n) is 5.42. The molecule has 1 aromatic heterocycles. The van der Waals surface area contributed by atoms with Gasteiger partial charge >= 0.3 is 0 Å². The molecule has 2 aromatic rings. The SMILES string of the molecule is Cc1cc(C)c(OCCCn2cc(N)ccc2=O)c(C)c1. The van der Waals surface area contributed by atoms with Crippen molar-refractivity contribution >= 4 is 5.69 Å². The summed E-state index contributed by atoms with van der Waals surface area (Å²) >= 11 is 0. The number of aryl methyl sites for hydroxylation is 4. The largest absolute Gasteiger partial charge is 0.493 e. The Labute approximate surface area is 125 Å². The molecule has 0 aliphatic rings. The first-order chi connectivity index (χ1) is 9.97. The molecule has 4 nitrogen and oxygen atoms in total. The Morgan fingerprint density at radius 3 is 2.48 bits per heavy atom. The standard InChI is InChI=1S/C17H22N2O2/c1-12-9-13(2)17(14(3)10-12)21-8-4-7-19-11-15(18)5-6-16(19)20/h5-6,9-11H,4,7-8,18H2,1-3H3. The molecular weight excluding hydrogens is 264 g/mol. The second-order valence-corrected chi connectivity index (χ2v) is 5.42. The summed E-state index contributed by atoms with van der Waals surface area (Å²) in [4.78, 5) is 11.6. The van der Waals surface area contributed by atoms with Gasteiger partial charge in [0.25, 0.3) is 5.56 Å². The summed E-state index contributed by atoms with van der Waals surface area (Å²) in [6.45, 7) is 7.37. The zero-order valence-electron chi connectivity index (χ0n) is 12.8. The lowest BCUT2D eigenvalue weighted by Crippen LogP contribution is -2.20. The number of hydrogen-bond donors (Lipinski definition) is 1. The first-order valence-corrected chi connectivity index (χ1v) is 7.14. The minimum Gasteiger partial charge on any atom is -0.493 e. The van der Waals surface area contributed by atoms with Gasteiger partial charge in [-0.3, -0.25) is 4.79 Å². The first kappa shape index (κ1) is 15.2. The molecule has 2 rings (SSSR count). The van der Waals surface area contributed by atoms with E-state index < -0.39 is 0 Å². The Balaban J connectivity index is 1.94.